The minimum absolute atomic E-state index is 0.270. The lowest BCUT2D eigenvalue weighted by Gasteiger charge is -2.06. The fourth-order valence-electron chi connectivity index (χ4n) is 1.25. The Morgan fingerprint density at radius 2 is 1.61 bits per heavy atom. The first-order valence-corrected chi connectivity index (χ1v) is 5.50. The zero-order valence-corrected chi connectivity index (χ0v) is 11.1. The highest BCUT2D eigenvalue weighted by Gasteiger charge is 2.20. The predicted molar refractivity (Wildman–Crippen MR) is 64.5 cm³/mol. The monoisotopic (exact) mass is 252 g/mol. The quantitative estimate of drug-likeness (QED) is 0.824. The molecule has 0 radical (unpaired) electrons. The van der Waals surface area contributed by atoms with Gasteiger partial charge in [-0.1, -0.05) is 19.0 Å². The number of rotatable bonds is 3. The zero-order chi connectivity index (χ0) is 13.5. The van der Waals surface area contributed by atoms with E-state index in [1.165, 1.54) is 20.5 Å². The molecule has 0 aliphatic carbocycles. The van der Waals surface area contributed by atoms with Gasteiger partial charge < -0.3 is 14.0 Å². The van der Waals surface area contributed by atoms with E-state index in [1.807, 2.05) is 13.8 Å². The van der Waals surface area contributed by atoms with Gasteiger partial charge in [-0.3, -0.25) is 0 Å². The molecule has 0 bridgehead atoms. The van der Waals surface area contributed by atoms with Crippen LogP contribution in [0.3, 0.4) is 0 Å². The molecule has 98 valence electrons. The number of aryl methyl sites for hydroxylation is 1. The van der Waals surface area contributed by atoms with Crippen molar-refractivity contribution in [1.29, 1.82) is 0 Å². The van der Waals surface area contributed by atoms with Crippen LogP contribution in [0.25, 0.3) is 11.5 Å². The Morgan fingerprint density at radius 3 is 2.00 bits per heavy atom. The van der Waals surface area contributed by atoms with E-state index in [0.29, 0.717) is 23.1 Å². The summed E-state index contributed by atoms with van der Waals surface area (Å²) in [6.45, 7) is 5.72. The molecule has 0 saturated carbocycles. The van der Waals surface area contributed by atoms with Crippen LogP contribution < -0.4 is 9.47 Å². The summed E-state index contributed by atoms with van der Waals surface area (Å²) in [5.74, 6) is 1.45. The summed E-state index contributed by atoms with van der Waals surface area (Å²) in [6, 6.07) is 0. The van der Waals surface area contributed by atoms with E-state index in [-0.39, 0.29) is 5.89 Å². The lowest BCUT2D eigenvalue weighted by atomic mass is 10.3. The van der Waals surface area contributed by atoms with Gasteiger partial charge in [0, 0.05) is 0 Å². The Morgan fingerprint density at radius 1 is 1.06 bits per heavy atom. The minimum Gasteiger partial charge on any atom is -0.480 e. The minimum atomic E-state index is 0.270. The van der Waals surface area contributed by atoms with Gasteiger partial charge in [-0.05, 0) is 6.92 Å². The summed E-state index contributed by atoms with van der Waals surface area (Å²) in [6.07, 6.45) is 1.34. The van der Waals surface area contributed by atoms with Crippen molar-refractivity contribution < 1.29 is 14.0 Å². The largest absolute Gasteiger partial charge is 0.480 e. The molecule has 0 N–H and O–H groups in total. The molecule has 0 spiro atoms. The fraction of sp³-hybridized carbons (Fsp3) is 0.455. The lowest BCUT2D eigenvalue weighted by molar-refractivity contribution is 0.365. The summed E-state index contributed by atoms with van der Waals surface area (Å²) in [5, 5.41) is 3.69. The normalized spacial score (nSPS) is 9.39. The number of hydrogen-bond donors (Lipinski definition) is 0. The van der Waals surface area contributed by atoms with E-state index >= 15 is 0 Å². The SMILES string of the molecule is CC.COc1ncnc(OC)c1-c1nc(C)no1. The molecular weight excluding hydrogens is 236 g/mol. The standard InChI is InChI=1S/C9H10N4O3.C2H6/c1-5-12-9(16-13-5)6-7(14-2)10-4-11-8(6)15-3;1-2/h4H,1-3H3;1-2H3. The Kier molecular flexibility index (Phi) is 5.04. The van der Waals surface area contributed by atoms with Gasteiger partial charge in [0.1, 0.15) is 6.33 Å². The maximum absolute atomic E-state index is 5.09. The van der Waals surface area contributed by atoms with E-state index < -0.39 is 0 Å². The van der Waals surface area contributed by atoms with Gasteiger partial charge in [-0.25, -0.2) is 9.97 Å². The first kappa shape index (κ1) is 13.9. The molecule has 2 aromatic rings. The van der Waals surface area contributed by atoms with Crippen LogP contribution in [0.2, 0.25) is 0 Å². The second kappa shape index (κ2) is 6.53. The summed E-state index contributed by atoms with van der Waals surface area (Å²) in [4.78, 5) is 12.0. The van der Waals surface area contributed by atoms with E-state index in [9.17, 15) is 0 Å². The van der Waals surface area contributed by atoms with Crippen LogP contribution in [0.4, 0.5) is 0 Å². The molecule has 7 heteroatoms. The van der Waals surface area contributed by atoms with Gasteiger partial charge >= 0.3 is 0 Å². The van der Waals surface area contributed by atoms with Crippen molar-refractivity contribution in [3.05, 3.63) is 12.2 Å². The van der Waals surface area contributed by atoms with Crippen molar-refractivity contribution in [1.82, 2.24) is 20.1 Å². The molecular formula is C11H16N4O3. The van der Waals surface area contributed by atoms with Gasteiger partial charge in [0.15, 0.2) is 11.4 Å². The van der Waals surface area contributed by atoms with Crippen LogP contribution in [-0.2, 0) is 0 Å². The Bertz CT molecular complexity index is 477. The van der Waals surface area contributed by atoms with Crippen LogP contribution in [0.15, 0.2) is 10.9 Å². The van der Waals surface area contributed by atoms with E-state index in [2.05, 4.69) is 20.1 Å². The van der Waals surface area contributed by atoms with Crippen LogP contribution in [0, 0.1) is 6.92 Å². The first-order valence-electron chi connectivity index (χ1n) is 5.50. The van der Waals surface area contributed by atoms with Crippen LogP contribution in [-0.4, -0.2) is 34.3 Å². The molecule has 0 aliphatic rings. The van der Waals surface area contributed by atoms with E-state index in [1.54, 1.807) is 6.92 Å². The highest BCUT2D eigenvalue weighted by Crippen LogP contribution is 2.33. The predicted octanol–water partition coefficient (Wildman–Crippen LogP) is 1.88. The van der Waals surface area contributed by atoms with E-state index in [4.69, 9.17) is 14.0 Å². The van der Waals surface area contributed by atoms with Crippen molar-refractivity contribution in [2.45, 2.75) is 20.8 Å². The molecule has 0 aliphatic heterocycles. The zero-order valence-electron chi connectivity index (χ0n) is 11.1. The molecule has 2 heterocycles. The molecule has 2 rings (SSSR count). The van der Waals surface area contributed by atoms with Crippen molar-refractivity contribution in [2.75, 3.05) is 14.2 Å². The maximum atomic E-state index is 5.09. The van der Waals surface area contributed by atoms with E-state index in [0.717, 1.165) is 0 Å². The summed E-state index contributed by atoms with van der Waals surface area (Å²) in [5.41, 5.74) is 0.452. The Labute approximate surface area is 105 Å². The first-order chi connectivity index (χ1) is 8.76. The fourth-order valence-corrected chi connectivity index (χ4v) is 1.25. The number of hydrogen-bond acceptors (Lipinski definition) is 7. The summed E-state index contributed by atoms with van der Waals surface area (Å²) in [7, 11) is 2.99. The van der Waals surface area contributed by atoms with Crippen molar-refractivity contribution in [3.8, 4) is 23.2 Å². The molecule has 0 aromatic carbocycles. The average molecular weight is 252 g/mol. The molecule has 0 unspecified atom stereocenters. The van der Waals surface area contributed by atoms with Crippen LogP contribution in [0.1, 0.15) is 19.7 Å². The Hall–Kier alpha value is -2.18. The van der Waals surface area contributed by atoms with Gasteiger partial charge in [-0.2, -0.15) is 4.98 Å². The highest BCUT2D eigenvalue weighted by molar-refractivity contribution is 5.65. The third-order valence-corrected chi connectivity index (χ3v) is 1.91. The van der Waals surface area contributed by atoms with Crippen LogP contribution in [0.5, 0.6) is 11.8 Å². The second-order valence-corrected chi connectivity index (χ2v) is 2.91. The topological polar surface area (TPSA) is 83.2 Å². The van der Waals surface area contributed by atoms with Gasteiger partial charge in [0.2, 0.25) is 11.8 Å². The third-order valence-electron chi connectivity index (χ3n) is 1.91. The number of ether oxygens (including phenoxy) is 2. The van der Waals surface area contributed by atoms with Gasteiger partial charge in [0.25, 0.3) is 5.89 Å². The van der Waals surface area contributed by atoms with Crippen molar-refractivity contribution >= 4 is 0 Å². The average Bonchev–Trinajstić information content (AvgIpc) is 2.86. The summed E-state index contributed by atoms with van der Waals surface area (Å²) >= 11 is 0. The van der Waals surface area contributed by atoms with Crippen molar-refractivity contribution in [2.24, 2.45) is 0 Å². The lowest BCUT2D eigenvalue weighted by Crippen LogP contribution is -1.98. The summed E-state index contributed by atoms with van der Waals surface area (Å²) < 4.78 is 15.2. The number of methoxy groups -OCH3 is 2. The molecule has 2 aromatic heterocycles. The third kappa shape index (κ3) is 2.73. The molecule has 18 heavy (non-hydrogen) atoms. The highest BCUT2D eigenvalue weighted by atomic mass is 16.5. The molecule has 0 fully saturated rings. The Balaban J connectivity index is 0.000000771. The second-order valence-electron chi connectivity index (χ2n) is 2.91. The van der Waals surface area contributed by atoms with Gasteiger partial charge in [-0.15, -0.1) is 0 Å². The number of nitrogens with zero attached hydrogens (tertiary/aromatic N) is 4. The molecule has 0 atom stereocenters. The smallest absolute Gasteiger partial charge is 0.268 e. The van der Waals surface area contributed by atoms with Crippen molar-refractivity contribution in [3.63, 3.8) is 0 Å². The maximum Gasteiger partial charge on any atom is 0.268 e. The number of aromatic nitrogens is 4. The molecule has 7 nitrogen and oxygen atoms in total. The molecule has 0 saturated heterocycles. The van der Waals surface area contributed by atoms with Gasteiger partial charge in [0.05, 0.1) is 14.2 Å². The van der Waals surface area contributed by atoms with Crippen LogP contribution >= 0.6 is 0 Å². The molecule has 0 amide bonds.